The van der Waals surface area contributed by atoms with Crippen molar-refractivity contribution >= 4 is 0 Å². The second-order valence-electron chi connectivity index (χ2n) is 2.91. The van der Waals surface area contributed by atoms with Gasteiger partial charge in [0.05, 0.1) is 12.5 Å². The maximum Gasteiger partial charge on any atom is 0.0950 e. The van der Waals surface area contributed by atoms with Gasteiger partial charge in [0.1, 0.15) is 0 Å². The molecule has 2 nitrogen and oxygen atoms in total. The summed E-state index contributed by atoms with van der Waals surface area (Å²) in [7, 11) is 0. The summed E-state index contributed by atoms with van der Waals surface area (Å²) in [5, 5.41) is 3.36. The second-order valence-corrected chi connectivity index (χ2v) is 2.91. The van der Waals surface area contributed by atoms with Gasteiger partial charge in [-0.3, -0.25) is 0 Å². The minimum atomic E-state index is 0.333. The van der Waals surface area contributed by atoms with Gasteiger partial charge in [-0.2, -0.15) is 0 Å². The lowest BCUT2D eigenvalue weighted by molar-refractivity contribution is 0.506. The van der Waals surface area contributed by atoms with Crippen molar-refractivity contribution in [2.75, 3.05) is 6.54 Å². The molecule has 1 N–H and O–H groups in total. The molecule has 0 aliphatic heterocycles. The van der Waals surface area contributed by atoms with Gasteiger partial charge in [0.25, 0.3) is 0 Å². The number of rotatable bonds is 5. The molecule has 0 aliphatic carbocycles. The summed E-state index contributed by atoms with van der Waals surface area (Å²) in [6, 6.07) is 2.31. The van der Waals surface area contributed by atoms with E-state index in [1.807, 2.05) is 6.07 Å². The SMILES string of the molecule is C#CCCC(NCC)c1ccoc1. The van der Waals surface area contributed by atoms with Crippen LogP contribution in [0.25, 0.3) is 0 Å². The summed E-state index contributed by atoms with van der Waals surface area (Å²) >= 11 is 0. The third-order valence-corrected chi connectivity index (χ3v) is 1.97. The largest absolute Gasteiger partial charge is 0.472 e. The van der Waals surface area contributed by atoms with E-state index < -0.39 is 0 Å². The van der Waals surface area contributed by atoms with Gasteiger partial charge in [-0.25, -0.2) is 0 Å². The molecular weight excluding hydrogens is 162 g/mol. The zero-order chi connectivity index (χ0) is 9.52. The molecule has 0 spiro atoms. The molecule has 1 unspecified atom stereocenters. The van der Waals surface area contributed by atoms with E-state index in [4.69, 9.17) is 10.8 Å². The Balaban J connectivity index is 2.53. The van der Waals surface area contributed by atoms with Crippen molar-refractivity contribution in [3.63, 3.8) is 0 Å². The van der Waals surface area contributed by atoms with Crippen LogP contribution in [0.2, 0.25) is 0 Å². The van der Waals surface area contributed by atoms with Crippen LogP contribution in [0.1, 0.15) is 31.4 Å². The Morgan fingerprint density at radius 3 is 3.08 bits per heavy atom. The first-order chi connectivity index (χ1) is 6.38. The lowest BCUT2D eigenvalue weighted by Gasteiger charge is -2.14. The molecule has 0 saturated heterocycles. The molecule has 70 valence electrons. The quantitative estimate of drug-likeness (QED) is 0.698. The van der Waals surface area contributed by atoms with Crippen molar-refractivity contribution in [1.29, 1.82) is 0 Å². The van der Waals surface area contributed by atoms with Crippen molar-refractivity contribution in [2.45, 2.75) is 25.8 Å². The Bertz CT molecular complexity index is 258. The lowest BCUT2D eigenvalue weighted by atomic mass is 10.1. The van der Waals surface area contributed by atoms with Crippen LogP contribution in [0.5, 0.6) is 0 Å². The average molecular weight is 177 g/mol. The molecular formula is C11H15NO. The minimum absolute atomic E-state index is 0.333. The molecule has 1 atom stereocenters. The summed E-state index contributed by atoms with van der Waals surface area (Å²) in [4.78, 5) is 0. The summed E-state index contributed by atoms with van der Waals surface area (Å²) in [5.41, 5.74) is 1.18. The van der Waals surface area contributed by atoms with Crippen LogP contribution < -0.4 is 5.32 Å². The van der Waals surface area contributed by atoms with E-state index in [1.165, 1.54) is 5.56 Å². The van der Waals surface area contributed by atoms with Gasteiger partial charge in [0.2, 0.25) is 0 Å². The first kappa shape index (κ1) is 9.88. The van der Waals surface area contributed by atoms with E-state index in [9.17, 15) is 0 Å². The summed E-state index contributed by atoms with van der Waals surface area (Å²) in [6.07, 6.45) is 10.4. The molecule has 0 aromatic carbocycles. The van der Waals surface area contributed by atoms with Crippen LogP contribution in [0.15, 0.2) is 23.0 Å². The highest BCUT2D eigenvalue weighted by Crippen LogP contribution is 2.18. The summed E-state index contributed by atoms with van der Waals surface area (Å²) in [5.74, 6) is 2.65. The zero-order valence-electron chi connectivity index (χ0n) is 7.92. The molecule has 0 radical (unpaired) electrons. The van der Waals surface area contributed by atoms with Crippen molar-refractivity contribution in [3.8, 4) is 12.3 Å². The van der Waals surface area contributed by atoms with Gasteiger partial charge in [0.15, 0.2) is 0 Å². The van der Waals surface area contributed by atoms with Gasteiger partial charge >= 0.3 is 0 Å². The van der Waals surface area contributed by atoms with E-state index in [2.05, 4.69) is 18.2 Å². The molecule has 1 heterocycles. The third-order valence-electron chi connectivity index (χ3n) is 1.97. The molecule has 1 aromatic heterocycles. The lowest BCUT2D eigenvalue weighted by Crippen LogP contribution is -2.20. The summed E-state index contributed by atoms with van der Waals surface area (Å²) in [6.45, 7) is 3.03. The molecule has 2 heteroatoms. The van der Waals surface area contributed by atoms with Crippen LogP contribution in [0.3, 0.4) is 0 Å². The van der Waals surface area contributed by atoms with Gasteiger partial charge in [-0.15, -0.1) is 12.3 Å². The number of furan rings is 1. The maximum absolute atomic E-state index is 5.23. The zero-order valence-corrected chi connectivity index (χ0v) is 7.92. The molecule has 0 saturated carbocycles. The first-order valence-corrected chi connectivity index (χ1v) is 4.57. The standard InChI is InChI=1S/C11H15NO/c1-3-5-6-11(12-4-2)10-7-8-13-9-10/h1,7-9,11-12H,4-6H2,2H3. The normalized spacial score (nSPS) is 12.3. The van der Waals surface area contributed by atoms with E-state index >= 15 is 0 Å². The average Bonchev–Trinajstić information content (AvgIpc) is 2.65. The number of hydrogen-bond acceptors (Lipinski definition) is 2. The Labute approximate surface area is 79.3 Å². The topological polar surface area (TPSA) is 25.2 Å². The van der Waals surface area contributed by atoms with Gasteiger partial charge < -0.3 is 9.73 Å². The Kier molecular flexibility index (Phi) is 4.14. The smallest absolute Gasteiger partial charge is 0.0950 e. The Hall–Kier alpha value is -1.20. The van der Waals surface area contributed by atoms with E-state index in [0.717, 1.165) is 19.4 Å². The van der Waals surface area contributed by atoms with Crippen molar-refractivity contribution in [1.82, 2.24) is 5.32 Å². The fraction of sp³-hybridized carbons (Fsp3) is 0.455. The maximum atomic E-state index is 5.23. The van der Waals surface area contributed by atoms with Crippen LogP contribution >= 0.6 is 0 Å². The van der Waals surface area contributed by atoms with E-state index in [-0.39, 0.29) is 0 Å². The number of nitrogens with one attached hydrogen (secondary N) is 1. The second kappa shape index (κ2) is 5.45. The molecule has 1 rings (SSSR count). The highest BCUT2D eigenvalue weighted by atomic mass is 16.3. The number of terminal acetylenes is 1. The molecule has 1 aromatic rings. The third kappa shape index (κ3) is 2.96. The molecule has 0 fully saturated rings. The van der Waals surface area contributed by atoms with Crippen molar-refractivity contribution in [2.24, 2.45) is 0 Å². The Morgan fingerprint density at radius 2 is 2.54 bits per heavy atom. The fourth-order valence-corrected chi connectivity index (χ4v) is 1.33. The predicted molar refractivity (Wildman–Crippen MR) is 53.2 cm³/mol. The fourth-order valence-electron chi connectivity index (χ4n) is 1.33. The first-order valence-electron chi connectivity index (χ1n) is 4.57. The molecule has 0 aliphatic rings. The minimum Gasteiger partial charge on any atom is -0.472 e. The van der Waals surface area contributed by atoms with Crippen molar-refractivity contribution < 1.29 is 4.42 Å². The van der Waals surface area contributed by atoms with Crippen LogP contribution in [0.4, 0.5) is 0 Å². The van der Waals surface area contributed by atoms with Crippen LogP contribution in [0, 0.1) is 12.3 Å². The molecule has 0 amide bonds. The monoisotopic (exact) mass is 177 g/mol. The molecule has 0 bridgehead atoms. The van der Waals surface area contributed by atoms with Crippen molar-refractivity contribution in [3.05, 3.63) is 24.2 Å². The predicted octanol–water partition coefficient (Wildman–Crippen LogP) is 2.34. The van der Waals surface area contributed by atoms with Gasteiger partial charge in [-0.1, -0.05) is 6.92 Å². The van der Waals surface area contributed by atoms with Gasteiger partial charge in [-0.05, 0) is 19.0 Å². The van der Waals surface area contributed by atoms with Crippen LogP contribution in [-0.4, -0.2) is 6.54 Å². The summed E-state index contributed by atoms with van der Waals surface area (Å²) < 4.78 is 5.03. The highest BCUT2D eigenvalue weighted by Gasteiger charge is 2.09. The Morgan fingerprint density at radius 1 is 1.69 bits per heavy atom. The van der Waals surface area contributed by atoms with E-state index in [1.54, 1.807) is 12.5 Å². The van der Waals surface area contributed by atoms with Crippen LogP contribution in [-0.2, 0) is 0 Å². The van der Waals surface area contributed by atoms with E-state index in [0.29, 0.717) is 6.04 Å². The molecule has 13 heavy (non-hydrogen) atoms. The van der Waals surface area contributed by atoms with Gasteiger partial charge in [0, 0.05) is 18.0 Å². The highest BCUT2D eigenvalue weighted by molar-refractivity contribution is 5.11. The number of hydrogen-bond donors (Lipinski definition) is 1.